The molecule has 0 radical (unpaired) electrons. The van der Waals surface area contributed by atoms with E-state index in [0.29, 0.717) is 12.6 Å². The van der Waals surface area contributed by atoms with Gasteiger partial charge in [0.1, 0.15) is 11.5 Å². The van der Waals surface area contributed by atoms with Crippen LogP contribution in [0.3, 0.4) is 0 Å². The van der Waals surface area contributed by atoms with Gasteiger partial charge in [0, 0.05) is 12.6 Å². The monoisotopic (exact) mass is 265 g/mol. The van der Waals surface area contributed by atoms with E-state index in [-0.39, 0.29) is 0 Å². The minimum Gasteiger partial charge on any atom is -0.463 e. The third-order valence-electron chi connectivity index (χ3n) is 4.11. The summed E-state index contributed by atoms with van der Waals surface area (Å²) in [4.78, 5) is 4.94. The van der Waals surface area contributed by atoms with Gasteiger partial charge in [-0.15, -0.1) is 0 Å². The highest BCUT2D eigenvalue weighted by atomic mass is 16.3. The van der Waals surface area contributed by atoms with Gasteiger partial charge in [-0.3, -0.25) is 9.80 Å². The van der Waals surface area contributed by atoms with Crippen LogP contribution in [0.25, 0.3) is 0 Å². The lowest BCUT2D eigenvalue weighted by molar-refractivity contribution is 0.187. The average Bonchev–Trinajstić information content (AvgIpc) is 2.95. The smallest absolute Gasteiger partial charge is 0.120 e. The number of likely N-dealkylation sites (tertiary alicyclic amines) is 1. The molecule has 2 N–H and O–H groups in total. The molecule has 1 aromatic heterocycles. The number of rotatable bonds is 6. The molecule has 1 aliphatic rings. The predicted octanol–water partition coefficient (Wildman–Crippen LogP) is 1.96. The summed E-state index contributed by atoms with van der Waals surface area (Å²) < 4.78 is 5.77. The average molecular weight is 265 g/mol. The predicted molar refractivity (Wildman–Crippen MR) is 77.9 cm³/mol. The maximum atomic E-state index is 5.77. The molecular weight excluding hydrogens is 238 g/mol. The van der Waals surface area contributed by atoms with Crippen LogP contribution in [0.2, 0.25) is 0 Å². The lowest BCUT2D eigenvalue weighted by Crippen LogP contribution is -2.38. The highest BCUT2D eigenvalue weighted by molar-refractivity contribution is 5.19. The number of likely N-dealkylation sites (N-methyl/N-ethyl adjacent to an activating group) is 2. The van der Waals surface area contributed by atoms with Crippen molar-refractivity contribution in [3.8, 4) is 0 Å². The molecular formula is C15H27N3O. The van der Waals surface area contributed by atoms with Gasteiger partial charge in [0.25, 0.3) is 0 Å². The Morgan fingerprint density at radius 2 is 2.32 bits per heavy atom. The summed E-state index contributed by atoms with van der Waals surface area (Å²) in [6, 6.07) is 2.82. The summed E-state index contributed by atoms with van der Waals surface area (Å²) in [5, 5.41) is 0. The largest absolute Gasteiger partial charge is 0.463 e. The first-order valence-corrected chi connectivity index (χ1v) is 7.34. The van der Waals surface area contributed by atoms with Crippen LogP contribution in [0.5, 0.6) is 0 Å². The number of hydrogen-bond acceptors (Lipinski definition) is 4. The molecule has 1 unspecified atom stereocenters. The van der Waals surface area contributed by atoms with Crippen LogP contribution in [0.15, 0.2) is 10.5 Å². The number of nitrogens with zero attached hydrogens (tertiary/aromatic N) is 2. The van der Waals surface area contributed by atoms with E-state index in [9.17, 15) is 0 Å². The highest BCUT2D eigenvalue weighted by Crippen LogP contribution is 2.19. The fourth-order valence-electron chi connectivity index (χ4n) is 3.08. The molecule has 1 atom stereocenters. The number of furan rings is 1. The van der Waals surface area contributed by atoms with E-state index >= 15 is 0 Å². The van der Waals surface area contributed by atoms with E-state index in [1.807, 2.05) is 0 Å². The first-order valence-electron chi connectivity index (χ1n) is 7.34. The molecule has 0 bridgehead atoms. The van der Waals surface area contributed by atoms with Crippen molar-refractivity contribution >= 4 is 0 Å². The van der Waals surface area contributed by atoms with Crippen LogP contribution >= 0.6 is 0 Å². The fourth-order valence-corrected chi connectivity index (χ4v) is 3.08. The van der Waals surface area contributed by atoms with Gasteiger partial charge in [-0.25, -0.2) is 0 Å². The van der Waals surface area contributed by atoms with Crippen molar-refractivity contribution in [3.63, 3.8) is 0 Å². The molecule has 2 heterocycles. The zero-order valence-corrected chi connectivity index (χ0v) is 12.5. The van der Waals surface area contributed by atoms with Crippen LogP contribution in [0.1, 0.15) is 36.8 Å². The molecule has 1 aliphatic heterocycles. The zero-order valence-electron chi connectivity index (χ0n) is 12.5. The van der Waals surface area contributed by atoms with E-state index in [1.165, 1.54) is 24.9 Å². The third-order valence-corrected chi connectivity index (χ3v) is 4.11. The maximum Gasteiger partial charge on any atom is 0.120 e. The molecule has 1 saturated heterocycles. The summed E-state index contributed by atoms with van der Waals surface area (Å²) in [5.41, 5.74) is 6.82. The molecule has 0 aromatic carbocycles. The molecule has 108 valence electrons. The van der Waals surface area contributed by atoms with Gasteiger partial charge in [-0.1, -0.05) is 6.92 Å². The Morgan fingerprint density at radius 1 is 1.53 bits per heavy atom. The minimum absolute atomic E-state index is 0.488. The van der Waals surface area contributed by atoms with Gasteiger partial charge < -0.3 is 10.2 Å². The lowest BCUT2D eigenvalue weighted by atomic mass is 10.2. The molecule has 0 saturated carbocycles. The highest BCUT2D eigenvalue weighted by Gasteiger charge is 2.24. The van der Waals surface area contributed by atoms with Gasteiger partial charge >= 0.3 is 0 Å². The quantitative estimate of drug-likeness (QED) is 0.854. The van der Waals surface area contributed by atoms with Crippen molar-refractivity contribution in [3.05, 3.63) is 23.2 Å². The first-order chi connectivity index (χ1) is 9.13. The van der Waals surface area contributed by atoms with Crippen molar-refractivity contribution in [1.29, 1.82) is 0 Å². The third kappa shape index (κ3) is 3.59. The lowest BCUT2D eigenvalue weighted by Gasteiger charge is -2.27. The second-order valence-corrected chi connectivity index (χ2v) is 5.64. The summed E-state index contributed by atoms with van der Waals surface area (Å²) in [6.45, 7) is 9.21. The molecule has 0 spiro atoms. The van der Waals surface area contributed by atoms with E-state index in [1.54, 1.807) is 0 Å². The van der Waals surface area contributed by atoms with Gasteiger partial charge in [0.2, 0.25) is 0 Å². The van der Waals surface area contributed by atoms with E-state index in [0.717, 1.165) is 31.2 Å². The van der Waals surface area contributed by atoms with E-state index in [4.69, 9.17) is 10.2 Å². The van der Waals surface area contributed by atoms with Crippen LogP contribution in [0, 0.1) is 6.92 Å². The summed E-state index contributed by atoms with van der Waals surface area (Å²) in [7, 11) is 2.17. The molecule has 4 nitrogen and oxygen atoms in total. The molecule has 4 heteroatoms. The van der Waals surface area contributed by atoms with Gasteiger partial charge in [0.15, 0.2) is 0 Å². The normalized spacial score (nSPS) is 20.6. The standard InChI is InChI=1S/C15H27N3O/c1-4-18-7-5-6-13(18)10-17(3)11-14-8-12(2)15(9-16)19-14/h8,13H,4-7,9-11,16H2,1-3H3. The van der Waals surface area contributed by atoms with Crippen molar-refractivity contribution in [1.82, 2.24) is 9.80 Å². The van der Waals surface area contributed by atoms with Crippen molar-refractivity contribution in [2.75, 3.05) is 26.7 Å². The SMILES string of the molecule is CCN1CCCC1CN(C)Cc1cc(C)c(CN)o1. The second kappa shape index (κ2) is 6.55. The van der Waals surface area contributed by atoms with Crippen molar-refractivity contribution < 1.29 is 4.42 Å². The van der Waals surface area contributed by atoms with Crippen LogP contribution in [0.4, 0.5) is 0 Å². The Kier molecular flexibility index (Phi) is 5.02. The number of nitrogens with two attached hydrogens (primary N) is 1. The van der Waals surface area contributed by atoms with Crippen LogP contribution < -0.4 is 5.73 Å². The number of hydrogen-bond donors (Lipinski definition) is 1. The first kappa shape index (κ1) is 14.6. The summed E-state index contributed by atoms with van der Waals surface area (Å²) >= 11 is 0. The van der Waals surface area contributed by atoms with Gasteiger partial charge in [-0.05, 0) is 51.5 Å². The Morgan fingerprint density at radius 3 is 2.95 bits per heavy atom. The Hall–Kier alpha value is -0.840. The molecule has 0 aliphatic carbocycles. The maximum absolute atomic E-state index is 5.77. The minimum atomic E-state index is 0.488. The van der Waals surface area contributed by atoms with E-state index < -0.39 is 0 Å². The zero-order chi connectivity index (χ0) is 13.8. The van der Waals surface area contributed by atoms with Crippen LogP contribution in [-0.2, 0) is 13.1 Å². The molecule has 2 rings (SSSR count). The molecule has 0 amide bonds. The second-order valence-electron chi connectivity index (χ2n) is 5.64. The summed E-state index contributed by atoms with van der Waals surface area (Å²) in [6.07, 6.45) is 2.66. The topological polar surface area (TPSA) is 45.6 Å². The van der Waals surface area contributed by atoms with Gasteiger partial charge in [0.05, 0.1) is 13.1 Å². The Bertz CT molecular complexity index is 402. The number of aryl methyl sites for hydroxylation is 1. The molecule has 1 fully saturated rings. The Labute approximate surface area is 116 Å². The van der Waals surface area contributed by atoms with Crippen molar-refractivity contribution in [2.45, 2.75) is 45.8 Å². The fraction of sp³-hybridized carbons (Fsp3) is 0.733. The Balaban J connectivity index is 1.88. The van der Waals surface area contributed by atoms with Gasteiger partial charge in [-0.2, -0.15) is 0 Å². The summed E-state index contributed by atoms with van der Waals surface area (Å²) in [5.74, 6) is 1.95. The molecule has 19 heavy (non-hydrogen) atoms. The van der Waals surface area contributed by atoms with Crippen LogP contribution in [-0.4, -0.2) is 42.5 Å². The van der Waals surface area contributed by atoms with E-state index in [2.05, 4.69) is 36.8 Å². The molecule has 1 aromatic rings. The van der Waals surface area contributed by atoms with Crippen molar-refractivity contribution in [2.24, 2.45) is 5.73 Å².